The van der Waals surface area contributed by atoms with Gasteiger partial charge in [-0.25, -0.2) is 0 Å². The molecular weight excluding hydrogens is 243 g/mol. The smallest absolute Gasteiger partial charge is 0.370 e. The van der Waals surface area contributed by atoms with Gasteiger partial charge in [-0.15, -0.1) is 0 Å². The van der Waals surface area contributed by atoms with Crippen LogP contribution in [-0.4, -0.2) is 32.5 Å². The van der Waals surface area contributed by atoms with Crippen LogP contribution in [0.1, 0.15) is 39.0 Å². The molecule has 5 heteroatoms. The van der Waals surface area contributed by atoms with Gasteiger partial charge in [0.05, 0.1) is 6.61 Å². The Morgan fingerprint density at radius 3 is 2.61 bits per heavy atom. The normalized spacial score (nSPS) is 27.2. The lowest BCUT2D eigenvalue weighted by Crippen LogP contribution is -2.40. The monoisotopic (exact) mass is 267 g/mol. The molecule has 18 heavy (non-hydrogen) atoms. The highest BCUT2D eigenvalue weighted by Gasteiger charge is 2.30. The molecular formula is C13H24F3NO. The molecule has 1 aliphatic rings. The fraction of sp³-hybridized carbons (Fsp3) is 1.00. The molecule has 108 valence electrons. The fourth-order valence-electron chi connectivity index (χ4n) is 2.83. The summed E-state index contributed by atoms with van der Waals surface area (Å²) in [6, 6.07) is 0.0432. The zero-order chi connectivity index (χ0) is 13.6. The van der Waals surface area contributed by atoms with Crippen LogP contribution >= 0.6 is 0 Å². The molecule has 1 fully saturated rings. The lowest BCUT2D eigenvalue weighted by Gasteiger charge is -2.34. The molecule has 1 rings (SSSR count). The molecule has 3 unspecified atom stereocenters. The third-order valence-electron chi connectivity index (χ3n) is 3.90. The van der Waals surface area contributed by atoms with Gasteiger partial charge in [-0.3, -0.25) is 0 Å². The SMILES string of the molecule is CCC1CCCC(C(COCC(F)(F)F)NC)C1. The molecule has 0 aliphatic heterocycles. The maximum Gasteiger partial charge on any atom is 0.411 e. The van der Waals surface area contributed by atoms with Gasteiger partial charge in [0.1, 0.15) is 6.61 Å². The van der Waals surface area contributed by atoms with Gasteiger partial charge >= 0.3 is 6.18 Å². The first kappa shape index (κ1) is 15.8. The van der Waals surface area contributed by atoms with Crippen LogP contribution in [0.5, 0.6) is 0 Å². The summed E-state index contributed by atoms with van der Waals surface area (Å²) >= 11 is 0. The summed E-state index contributed by atoms with van der Waals surface area (Å²) < 4.78 is 40.9. The van der Waals surface area contributed by atoms with Gasteiger partial charge in [0.15, 0.2) is 0 Å². The summed E-state index contributed by atoms with van der Waals surface area (Å²) in [5.74, 6) is 1.17. The second-order valence-corrected chi connectivity index (χ2v) is 5.23. The van der Waals surface area contributed by atoms with E-state index < -0.39 is 12.8 Å². The van der Waals surface area contributed by atoms with Crippen LogP contribution in [-0.2, 0) is 4.74 Å². The predicted octanol–water partition coefficient (Wildman–Crippen LogP) is 3.37. The second kappa shape index (κ2) is 7.34. The first-order chi connectivity index (χ1) is 8.46. The first-order valence-corrected chi connectivity index (χ1v) is 6.78. The number of hydrogen-bond acceptors (Lipinski definition) is 2. The van der Waals surface area contributed by atoms with E-state index in [1.165, 1.54) is 12.8 Å². The van der Waals surface area contributed by atoms with Crippen molar-refractivity contribution in [3.8, 4) is 0 Å². The third kappa shape index (κ3) is 5.57. The Morgan fingerprint density at radius 2 is 2.06 bits per heavy atom. The van der Waals surface area contributed by atoms with Crippen molar-refractivity contribution in [3.05, 3.63) is 0 Å². The molecule has 0 aromatic heterocycles. The van der Waals surface area contributed by atoms with Crippen LogP contribution in [0.25, 0.3) is 0 Å². The summed E-state index contributed by atoms with van der Waals surface area (Å²) in [4.78, 5) is 0. The highest BCUT2D eigenvalue weighted by Crippen LogP contribution is 2.33. The summed E-state index contributed by atoms with van der Waals surface area (Å²) in [5, 5.41) is 3.11. The maximum atomic E-state index is 12.0. The van der Waals surface area contributed by atoms with Gasteiger partial charge in [-0.05, 0) is 31.7 Å². The van der Waals surface area contributed by atoms with Gasteiger partial charge in [-0.2, -0.15) is 13.2 Å². The van der Waals surface area contributed by atoms with Crippen LogP contribution in [0.15, 0.2) is 0 Å². The predicted molar refractivity (Wildman–Crippen MR) is 65.5 cm³/mol. The van der Waals surface area contributed by atoms with Gasteiger partial charge in [-0.1, -0.05) is 26.2 Å². The van der Waals surface area contributed by atoms with E-state index in [0.717, 1.165) is 25.2 Å². The van der Waals surface area contributed by atoms with E-state index in [0.29, 0.717) is 5.92 Å². The number of hydrogen-bond donors (Lipinski definition) is 1. The molecule has 1 saturated carbocycles. The summed E-state index contributed by atoms with van der Waals surface area (Å²) in [5.41, 5.74) is 0. The number of ether oxygens (including phenoxy) is 1. The molecule has 0 radical (unpaired) electrons. The molecule has 0 bridgehead atoms. The summed E-state index contributed by atoms with van der Waals surface area (Å²) in [6.07, 6.45) is 1.58. The minimum Gasteiger partial charge on any atom is -0.370 e. The van der Waals surface area contributed by atoms with Gasteiger partial charge in [0.25, 0.3) is 0 Å². The molecule has 0 aromatic rings. The van der Waals surface area contributed by atoms with Gasteiger partial charge in [0.2, 0.25) is 0 Å². The van der Waals surface area contributed by atoms with Crippen LogP contribution < -0.4 is 5.32 Å². The van der Waals surface area contributed by atoms with Gasteiger partial charge in [0, 0.05) is 6.04 Å². The molecule has 3 atom stereocenters. The van der Waals surface area contributed by atoms with Crippen molar-refractivity contribution >= 4 is 0 Å². The molecule has 2 nitrogen and oxygen atoms in total. The topological polar surface area (TPSA) is 21.3 Å². The van der Waals surface area contributed by atoms with Crippen molar-refractivity contribution in [2.24, 2.45) is 11.8 Å². The highest BCUT2D eigenvalue weighted by atomic mass is 19.4. The fourth-order valence-corrected chi connectivity index (χ4v) is 2.83. The van der Waals surface area contributed by atoms with E-state index >= 15 is 0 Å². The molecule has 1 N–H and O–H groups in total. The highest BCUT2D eigenvalue weighted by molar-refractivity contribution is 4.81. The van der Waals surface area contributed by atoms with Crippen molar-refractivity contribution in [2.75, 3.05) is 20.3 Å². The van der Waals surface area contributed by atoms with Crippen molar-refractivity contribution in [1.29, 1.82) is 0 Å². The Kier molecular flexibility index (Phi) is 6.43. The average molecular weight is 267 g/mol. The van der Waals surface area contributed by atoms with Crippen molar-refractivity contribution in [3.63, 3.8) is 0 Å². The van der Waals surface area contributed by atoms with E-state index in [9.17, 15) is 13.2 Å². The lowest BCUT2D eigenvalue weighted by atomic mass is 9.77. The van der Waals surface area contributed by atoms with Crippen LogP contribution in [0, 0.1) is 11.8 Å². The first-order valence-electron chi connectivity index (χ1n) is 6.78. The van der Waals surface area contributed by atoms with Gasteiger partial charge < -0.3 is 10.1 Å². The molecule has 0 spiro atoms. The van der Waals surface area contributed by atoms with Crippen molar-refractivity contribution in [1.82, 2.24) is 5.32 Å². The molecule has 0 amide bonds. The van der Waals surface area contributed by atoms with E-state index in [-0.39, 0.29) is 12.6 Å². The largest absolute Gasteiger partial charge is 0.411 e. The Hall–Kier alpha value is -0.290. The number of alkyl halides is 3. The van der Waals surface area contributed by atoms with Crippen molar-refractivity contribution in [2.45, 2.75) is 51.2 Å². The Bertz CT molecular complexity index is 233. The minimum atomic E-state index is -4.23. The maximum absolute atomic E-state index is 12.0. The molecule has 0 saturated heterocycles. The quantitative estimate of drug-likeness (QED) is 0.796. The zero-order valence-electron chi connectivity index (χ0n) is 11.2. The van der Waals surface area contributed by atoms with Crippen LogP contribution in [0.3, 0.4) is 0 Å². The Labute approximate surface area is 107 Å². The van der Waals surface area contributed by atoms with Crippen molar-refractivity contribution < 1.29 is 17.9 Å². The van der Waals surface area contributed by atoms with E-state index in [2.05, 4.69) is 12.2 Å². The summed E-state index contributed by atoms with van der Waals surface area (Å²) in [6.45, 7) is 1.19. The molecule has 1 aliphatic carbocycles. The lowest BCUT2D eigenvalue weighted by molar-refractivity contribution is -0.176. The molecule has 0 heterocycles. The Balaban J connectivity index is 2.35. The Morgan fingerprint density at radius 1 is 1.33 bits per heavy atom. The van der Waals surface area contributed by atoms with Crippen LogP contribution in [0.2, 0.25) is 0 Å². The van der Waals surface area contributed by atoms with E-state index in [1.807, 2.05) is 0 Å². The number of halogens is 3. The van der Waals surface area contributed by atoms with E-state index in [4.69, 9.17) is 4.74 Å². The van der Waals surface area contributed by atoms with Crippen LogP contribution in [0.4, 0.5) is 13.2 Å². The third-order valence-corrected chi connectivity index (χ3v) is 3.90. The summed E-state index contributed by atoms with van der Waals surface area (Å²) in [7, 11) is 1.80. The zero-order valence-corrected chi connectivity index (χ0v) is 11.2. The number of nitrogens with one attached hydrogen (secondary N) is 1. The minimum absolute atomic E-state index is 0.0432. The molecule has 0 aromatic carbocycles. The number of rotatable bonds is 6. The second-order valence-electron chi connectivity index (χ2n) is 5.23. The standard InChI is InChI=1S/C13H24F3NO/c1-3-10-5-4-6-11(7-10)12(17-2)8-18-9-13(14,15)16/h10-12,17H,3-9H2,1-2H3. The average Bonchev–Trinajstić information content (AvgIpc) is 2.33. The number of likely N-dealkylation sites (N-methyl/N-ethyl adjacent to an activating group) is 1. The van der Waals surface area contributed by atoms with E-state index in [1.54, 1.807) is 7.05 Å².